The number of hydrogen-bond donors (Lipinski definition) is 2. The second-order valence-electron chi connectivity index (χ2n) is 6.60. The molecule has 0 saturated heterocycles. The lowest BCUT2D eigenvalue weighted by molar-refractivity contribution is -0.137. The summed E-state index contributed by atoms with van der Waals surface area (Å²) in [4.78, 5) is 25.0. The van der Waals surface area contributed by atoms with E-state index < -0.39 is 29.1 Å². The summed E-state index contributed by atoms with van der Waals surface area (Å²) in [6.45, 7) is 1.48. The van der Waals surface area contributed by atoms with Crippen LogP contribution in [0.3, 0.4) is 0 Å². The molecule has 30 heavy (non-hydrogen) atoms. The van der Waals surface area contributed by atoms with Crippen LogP contribution in [0.25, 0.3) is 5.69 Å². The van der Waals surface area contributed by atoms with Gasteiger partial charge in [0, 0.05) is 17.2 Å². The molecule has 1 aromatic heterocycles. The first kappa shape index (κ1) is 21.4. The summed E-state index contributed by atoms with van der Waals surface area (Å²) >= 11 is 6.25. The number of halogens is 4. The van der Waals surface area contributed by atoms with Gasteiger partial charge in [0.2, 0.25) is 0 Å². The number of carbonyl (C=O) groups is 1. The summed E-state index contributed by atoms with van der Waals surface area (Å²) in [6, 6.07) is 11.2. The van der Waals surface area contributed by atoms with Crippen LogP contribution in [0.1, 0.15) is 40.0 Å². The number of nitrogens with zero attached hydrogens (tertiary/aromatic N) is 2. The maximum absolute atomic E-state index is 13.2. The van der Waals surface area contributed by atoms with Crippen molar-refractivity contribution in [2.45, 2.75) is 19.0 Å². The van der Waals surface area contributed by atoms with Gasteiger partial charge in [-0.15, -0.1) is 0 Å². The predicted molar refractivity (Wildman–Crippen MR) is 107 cm³/mol. The third kappa shape index (κ3) is 4.02. The van der Waals surface area contributed by atoms with Crippen molar-refractivity contribution in [3.8, 4) is 5.69 Å². The molecule has 3 rings (SSSR count). The molecule has 1 atom stereocenters. The van der Waals surface area contributed by atoms with Crippen LogP contribution in [-0.4, -0.2) is 15.7 Å². The van der Waals surface area contributed by atoms with Gasteiger partial charge >= 0.3 is 6.18 Å². The molecule has 0 fully saturated rings. The number of aromatic nitrogens is 2. The van der Waals surface area contributed by atoms with E-state index in [9.17, 15) is 22.8 Å². The highest BCUT2D eigenvalue weighted by molar-refractivity contribution is 6.34. The fourth-order valence-corrected chi connectivity index (χ4v) is 3.43. The number of anilines is 1. The number of para-hydroxylation sites is 1. The van der Waals surface area contributed by atoms with Crippen LogP contribution in [0.2, 0.25) is 5.02 Å². The van der Waals surface area contributed by atoms with Gasteiger partial charge in [-0.2, -0.15) is 23.0 Å². The second-order valence-corrected chi connectivity index (χ2v) is 6.98. The van der Waals surface area contributed by atoms with Gasteiger partial charge in [0.25, 0.3) is 11.5 Å². The Morgan fingerprint density at radius 3 is 2.37 bits per heavy atom. The van der Waals surface area contributed by atoms with Crippen LogP contribution in [0, 0.1) is 0 Å². The van der Waals surface area contributed by atoms with E-state index in [0.717, 1.165) is 16.8 Å². The number of amides is 1. The Bertz CT molecular complexity index is 1180. The first-order chi connectivity index (χ1) is 14.0. The summed E-state index contributed by atoms with van der Waals surface area (Å²) in [6.07, 6.45) is -4.63. The molecule has 0 unspecified atom stereocenters. The van der Waals surface area contributed by atoms with Crippen molar-refractivity contribution in [1.29, 1.82) is 0 Å². The van der Waals surface area contributed by atoms with Gasteiger partial charge in [0.1, 0.15) is 0 Å². The number of nitrogen functional groups attached to an aromatic ring is 1. The van der Waals surface area contributed by atoms with Crippen molar-refractivity contribution in [1.82, 2.24) is 9.78 Å². The van der Waals surface area contributed by atoms with Crippen molar-refractivity contribution in [2.24, 2.45) is 5.73 Å². The Hall–Kier alpha value is -3.33. The zero-order chi connectivity index (χ0) is 22.2. The normalized spacial score (nSPS) is 12.6. The Morgan fingerprint density at radius 1 is 1.17 bits per heavy atom. The number of carbonyl (C=O) groups excluding carboxylic acids is 1. The Morgan fingerprint density at radius 2 is 1.80 bits per heavy atom. The minimum Gasteiger partial charge on any atom is -0.399 e. The first-order valence-corrected chi connectivity index (χ1v) is 9.04. The molecule has 3 aromatic rings. The van der Waals surface area contributed by atoms with Crippen molar-refractivity contribution in [3.63, 3.8) is 0 Å². The highest BCUT2D eigenvalue weighted by Gasteiger charge is 2.32. The maximum atomic E-state index is 13.2. The molecule has 0 bridgehead atoms. The fraction of sp³-hybridized carbons (Fsp3) is 0.150. The number of alkyl halides is 3. The molecule has 0 spiro atoms. The molecule has 156 valence electrons. The second kappa shape index (κ2) is 7.83. The lowest BCUT2D eigenvalue weighted by Crippen LogP contribution is -2.31. The average molecular weight is 437 g/mol. The lowest BCUT2D eigenvalue weighted by atomic mass is 9.91. The number of rotatable bonds is 4. The minimum atomic E-state index is -4.63. The molecule has 10 heteroatoms. The van der Waals surface area contributed by atoms with Crippen LogP contribution >= 0.6 is 11.6 Å². The average Bonchev–Trinajstić information content (AvgIpc) is 2.67. The Kier molecular flexibility index (Phi) is 5.58. The Labute approximate surface area is 173 Å². The van der Waals surface area contributed by atoms with E-state index in [1.807, 2.05) is 0 Å². The molecular weight excluding hydrogens is 421 g/mol. The zero-order valence-corrected chi connectivity index (χ0v) is 16.3. The third-order valence-electron chi connectivity index (χ3n) is 4.54. The van der Waals surface area contributed by atoms with Gasteiger partial charge < -0.3 is 11.5 Å². The van der Waals surface area contributed by atoms with Crippen LogP contribution in [0.15, 0.2) is 53.3 Å². The van der Waals surface area contributed by atoms with E-state index in [1.54, 1.807) is 30.3 Å². The summed E-state index contributed by atoms with van der Waals surface area (Å²) in [7, 11) is 0. The van der Waals surface area contributed by atoms with Crippen LogP contribution in [0.5, 0.6) is 0 Å². The molecule has 1 amide bonds. The van der Waals surface area contributed by atoms with E-state index >= 15 is 0 Å². The van der Waals surface area contributed by atoms with Crippen LogP contribution in [-0.2, 0) is 6.18 Å². The van der Waals surface area contributed by atoms with Crippen LogP contribution in [0.4, 0.5) is 18.9 Å². The molecule has 0 radical (unpaired) electrons. The summed E-state index contributed by atoms with van der Waals surface area (Å²) in [5.74, 6) is -1.92. The highest BCUT2D eigenvalue weighted by Crippen LogP contribution is 2.36. The van der Waals surface area contributed by atoms with E-state index in [-0.39, 0.29) is 27.5 Å². The van der Waals surface area contributed by atoms with Gasteiger partial charge in [-0.05, 0) is 35.9 Å². The molecule has 4 N–H and O–H groups in total. The van der Waals surface area contributed by atoms with E-state index in [4.69, 9.17) is 23.1 Å². The molecule has 6 nitrogen and oxygen atoms in total. The van der Waals surface area contributed by atoms with Crippen molar-refractivity contribution in [2.75, 3.05) is 5.73 Å². The zero-order valence-electron chi connectivity index (χ0n) is 15.6. The molecule has 1 heterocycles. The third-order valence-corrected chi connectivity index (χ3v) is 4.92. The summed E-state index contributed by atoms with van der Waals surface area (Å²) in [5.41, 5.74) is 9.15. The van der Waals surface area contributed by atoms with Crippen LogP contribution < -0.4 is 17.0 Å². The summed E-state index contributed by atoms with van der Waals surface area (Å²) < 4.78 is 40.6. The van der Waals surface area contributed by atoms with Crippen molar-refractivity contribution < 1.29 is 18.0 Å². The first-order valence-electron chi connectivity index (χ1n) is 8.66. The van der Waals surface area contributed by atoms with Gasteiger partial charge in [-0.3, -0.25) is 9.59 Å². The largest absolute Gasteiger partial charge is 0.416 e. The van der Waals surface area contributed by atoms with Gasteiger partial charge in [0.05, 0.1) is 16.3 Å². The highest BCUT2D eigenvalue weighted by atomic mass is 35.5. The number of primary amides is 1. The summed E-state index contributed by atoms with van der Waals surface area (Å²) in [5, 5.41) is 3.63. The molecule has 2 aromatic carbocycles. The molecule has 0 saturated carbocycles. The SMILES string of the molecule is C[C@H](c1cc(N)cc(C(F)(F)F)c1)c1c(Cl)c(C(N)=O)nn(-c2ccccc2)c1=O. The van der Waals surface area contributed by atoms with Gasteiger partial charge in [-0.1, -0.05) is 36.7 Å². The predicted octanol–water partition coefficient (Wildman–Crippen LogP) is 3.74. The minimum absolute atomic E-state index is 0.0996. The lowest BCUT2D eigenvalue weighted by Gasteiger charge is -2.19. The smallest absolute Gasteiger partial charge is 0.399 e. The molecule has 0 aliphatic carbocycles. The maximum Gasteiger partial charge on any atom is 0.416 e. The Balaban J connectivity index is 2.28. The number of hydrogen-bond acceptors (Lipinski definition) is 4. The monoisotopic (exact) mass is 436 g/mol. The number of nitrogens with two attached hydrogens (primary N) is 2. The fourth-order valence-electron chi connectivity index (χ4n) is 3.06. The van der Waals surface area contributed by atoms with E-state index in [2.05, 4.69) is 5.10 Å². The van der Waals surface area contributed by atoms with Gasteiger partial charge in [-0.25, -0.2) is 0 Å². The van der Waals surface area contributed by atoms with Crippen molar-refractivity contribution >= 4 is 23.2 Å². The van der Waals surface area contributed by atoms with Crippen molar-refractivity contribution in [3.05, 3.63) is 86.3 Å². The number of benzene rings is 2. The van der Waals surface area contributed by atoms with Gasteiger partial charge in [0.15, 0.2) is 5.69 Å². The molecular formula is C20H16ClF3N4O2. The molecule has 0 aliphatic rings. The topological polar surface area (TPSA) is 104 Å². The van der Waals surface area contributed by atoms with E-state index in [1.165, 1.54) is 13.0 Å². The standard InChI is InChI=1S/C20H16ClF3N4O2/c1-10(11-7-12(20(22,23)24)9-13(25)8-11)15-16(21)17(18(26)29)27-28(19(15)30)14-5-3-2-4-6-14/h2-10H,25H2,1H3,(H2,26,29)/t10-/m1/s1. The quantitative estimate of drug-likeness (QED) is 0.608. The van der Waals surface area contributed by atoms with E-state index in [0.29, 0.717) is 5.69 Å². The molecule has 0 aliphatic heterocycles.